The minimum Gasteiger partial charge on any atom is -0.431 e. The second-order valence-electron chi connectivity index (χ2n) is 5.32. The molecule has 2 aromatic carbocycles. The smallest absolute Gasteiger partial charge is 0.258 e. The van der Waals surface area contributed by atoms with Gasteiger partial charge in [-0.05, 0) is 54.6 Å². The average Bonchev–Trinajstić information content (AvgIpc) is 3.04. The molecule has 1 aromatic heterocycles. The molecule has 1 atom stereocenters. The molecule has 0 N–H and O–H groups in total. The van der Waals surface area contributed by atoms with Gasteiger partial charge in [-0.1, -0.05) is 42.3 Å². The maximum Gasteiger partial charge on any atom is 0.258 e. The predicted molar refractivity (Wildman–Crippen MR) is 103 cm³/mol. The molecule has 3 rings (SSSR count). The molecule has 0 spiro atoms. The van der Waals surface area contributed by atoms with Crippen LogP contribution >= 0.6 is 35.0 Å². The van der Waals surface area contributed by atoms with Gasteiger partial charge < -0.3 is 4.42 Å². The number of hydrogen-bond donors (Lipinski definition) is 0. The van der Waals surface area contributed by atoms with Gasteiger partial charge in [0.25, 0.3) is 5.22 Å². The van der Waals surface area contributed by atoms with Gasteiger partial charge in [0.05, 0.1) is 6.07 Å². The Hall–Kier alpha value is -1.93. The van der Waals surface area contributed by atoms with E-state index in [9.17, 15) is 5.26 Å². The van der Waals surface area contributed by atoms with Crippen LogP contribution in [0.25, 0.3) is 22.6 Å². The number of benzene rings is 2. The zero-order valence-electron chi connectivity index (χ0n) is 13.4. The molecule has 0 saturated carbocycles. The number of nitrogens with zero attached hydrogens (tertiary/aromatic N) is 2. The number of aromatic nitrogens is 1. The van der Waals surface area contributed by atoms with Crippen molar-refractivity contribution in [1.29, 1.82) is 5.26 Å². The Labute approximate surface area is 160 Å². The van der Waals surface area contributed by atoms with Gasteiger partial charge in [0.15, 0.2) is 5.76 Å². The van der Waals surface area contributed by atoms with Crippen LogP contribution in [0.1, 0.15) is 13.3 Å². The summed E-state index contributed by atoms with van der Waals surface area (Å²) in [6.07, 6.45) is 0.718. The summed E-state index contributed by atoms with van der Waals surface area (Å²) in [5.41, 5.74) is 2.49. The minimum atomic E-state index is -0.199. The third kappa shape index (κ3) is 4.19. The first kappa shape index (κ1) is 17.9. The van der Waals surface area contributed by atoms with E-state index in [4.69, 9.17) is 27.6 Å². The first-order chi connectivity index (χ1) is 12.1. The van der Waals surface area contributed by atoms with Crippen LogP contribution in [-0.2, 0) is 0 Å². The topological polar surface area (TPSA) is 49.8 Å². The summed E-state index contributed by atoms with van der Waals surface area (Å²) < 4.78 is 5.98. The highest BCUT2D eigenvalue weighted by molar-refractivity contribution is 7.99. The van der Waals surface area contributed by atoms with Gasteiger partial charge in [0.1, 0.15) is 10.9 Å². The predicted octanol–water partition coefficient (Wildman–Crippen LogP) is 6.71. The van der Waals surface area contributed by atoms with Crippen molar-refractivity contribution in [2.24, 2.45) is 0 Å². The summed E-state index contributed by atoms with van der Waals surface area (Å²) in [5.74, 6) is 0.647. The van der Waals surface area contributed by atoms with Gasteiger partial charge in [-0.3, -0.25) is 0 Å². The van der Waals surface area contributed by atoms with E-state index in [1.807, 2.05) is 55.5 Å². The van der Waals surface area contributed by atoms with Gasteiger partial charge in [0.2, 0.25) is 0 Å². The fourth-order valence-corrected chi connectivity index (χ4v) is 3.26. The lowest BCUT2D eigenvalue weighted by Crippen LogP contribution is -1.94. The molecule has 1 heterocycles. The van der Waals surface area contributed by atoms with Gasteiger partial charge in [0, 0.05) is 21.2 Å². The molecular weight excluding hydrogens is 375 g/mol. The third-order valence-electron chi connectivity index (χ3n) is 3.59. The zero-order chi connectivity index (χ0) is 17.8. The van der Waals surface area contributed by atoms with Crippen molar-refractivity contribution in [1.82, 2.24) is 4.98 Å². The molecule has 6 heteroatoms. The molecule has 0 amide bonds. The van der Waals surface area contributed by atoms with E-state index in [-0.39, 0.29) is 5.25 Å². The van der Waals surface area contributed by atoms with E-state index >= 15 is 0 Å². The fourth-order valence-electron chi connectivity index (χ4n) is 2.27. The number of oxazole rings is 1. The first-order valence-corrected chi connectivity index (χ1v) is 9.33. The standard InChI is InChI=1S/C19H14Cl2N2OS/c1-2-16(11-22)25-19-23-17(12-3-7-14(20)8-4-12)18(24-19)13-5-9-15(21)10-6-13/h3-10,16H,2H2,1H3. The maximum absolute atomic E-state index is 9.19. The molecule has 0 aliphatic rings. The summed E-state index contributed by atoms with van der Waals surface area (Å²) >= 11 is 13.3. The molecule has 0 aliphatic heterocycles. The Bertz CT molecular complexity index is 836. The second-order valence-corrected chi connectivity index (χ2v) is 7.34. The van der Waals surface area contributed by atoms with E-state index in [2.05, 4.69) is 11.1 Å². The van der Waals surface area contributed by atoms with Crippen molar-refractivity contribution in [3.05, 3.63) is 58.6 Å². The third-order valence-corrected chi connectivity index (χ3v) is 5.19. The van der Waals surface area contributed by atoms with Crippen LogP contribution in [-0.4, -0.2) is 10.2 Å². The van der Waals surface area contributed by atoms with E-state index in [1.165, 1.54) is 11.8 Å². The van der Waals surface area contributed by atoms with E-state index in [0.29, 0.717) is 26.7 Å². The lowest BCUT2D eigenvalue weighted by Gasteiger charge is -2.02. The zero-order valence-corrected chi connectivity index (χ0v) is 15.7. The Kier molecular flexibility index (Phi) is 5.70. The molecule has 3 nitrogen and oxygen atoms in total. The summed E-state index contributed by atoms with van der Waals surface area (Å²) in [6, 6.07) is 17.1. The largest absolute Gasteiger partial charge is 0.431 e. The van der Waals surface area contributed by atoms with Crippen LogP contribution in [0.3, 0.4) is 0 Å². The normalized spacial score (nSPS) is 11.9. The summed E-state index contributed by atoms with van der Waals surface area (Å²) in [6.45, 7) is 1.96. The molecule has 0 bridgehead atoms. The molecule has 3 aromatic rings. The van der Waals surface area contributed by atoms with Crippen LogP contribution in [0, 0.1) is 11.3 Å². The number of hydrogen-bond acceptors (Lipinski definition) is 4. The van der Waals surface area contributed by atoms with Gasteiger partial charge >= 0.3 is 0 Å². The van der Waals surface area contributed by atoms with Gasteiger partial charge in [-0.25, -0.2) is 4.98 Å². The fraction of sp³-hybridized carbons (Fsp3) is 0.158. The highest BCUT2D eigenvalue weighted by atomic mass is 35.5. The monoisotopic (exact) mass is 388 g/mol. The Morgan fingerprint density at radius 2 is 1.60 bits per heavy atom. The van der Waals surface area contributed by atoms with Crippen LogP contribution < -0.4 is 0 Å². The number of nitriles is 1. The molecule has 1 unspecified atom stereocenters. The first-order valence-electron chi connectivity index (χ1n) is 7.69. The van der Waals surface area contributed by atoms with Crippen molar-refractivity contribution in [3.63, 3.8) is 0 Å². The highest BCUT2D eigenvalue weighted by Crippen LogP contribution is 2.37. The summed E-state index contributed by atoms with van der Waals surface area (Å²) in [5, 5.41) is 10.8. The highest BCUT2D eigenvalue weighted by Gasteiger charge is 2.19. The SMILES string of the molecule is CCC(C#N)Sc1nc(-c2ccc(Cl)cc2)c(-c2ccc(Cl)cc2)o1. The van der Waals surface area contributed by atoms with Gasteiger partial charge in [-0.15, -0.1) is 0 Å². The molecule has 0 radical (unpaired) electrons. The Balaban J connectivity index is 2.07. The van der Waals surface area contributed by atoms with Crippen molar-refractivity contribution in [2.75, 3.05) is 0 Å². The van der Waals surface area contributed by atoms with Crippen LogP contribution in [0.2, 0.25) is 10.0 Å². The Morgan fingerprint density at radius 3 is 2.12 bits per heavy atom. The van der Waals surface area contributed by atoms with Crippen molar-refractivity contribution >= 4 is 35.0 Å². The summed E-state index contributed by atoms with van der Waals surface area (Å²) in [7, 11) is 0. The number of rotatable bonds is 5. The van der Waals surface area contributed by atoms with E-state index < -0.39 is 0 Å². The average molecular weight is 389 g/mol. The van der Waals surface area contributed by atoms with Crippen molar-refractivity contribution in [2.45, 2.75) is 23.8 Å². The lowest BCUT2D eigenvalue weighted by molar-refractivity contribution is 0.465. The molecule has 126 valence electrons. The minimum absolute atomic E-state index is 0.199. The maximum atomic E-state index is 9.19. The number of thioether (sulfide) groups is 1. The molecule has 0 fully saturated rings. The van der Waals surface area contributed by atoms with E-state index in [0.717, 1.165) is 17.5 Å². The Morgan fingerprint density at radius 1 is 1.04 bits per heavy atom. The quantitative estimate of drug-likeness (QED) is 0.455. The van der Waals surface area contributed by atoms with E-state index in [1.54, 1.807) is 0 Å². The molecule has 0 aliphatic carbocycles. The van der Waals surface area contributed by atoms with Crippen LogP contribution in [0.5, 0.6) is 0 Å². The molecular formula is C19H14Cl2N2OS. The number of halogens is 2. The second kappa shape index (κ2) is 7.97. The van der Waals surface area contributed by atoms with Crippen LogP contribution in [0.4, 0.5) is 0 Å². The summed E-state index contributed by atoms with van der Waals surface area (Å²) in [4.78, 5) is 4.61. The molecule has 25 heavy (non-hydrogen) atoms. The van der Waals surface area contributed by atoms with Crippen molar-refractivity contribution in [3.8, 4) is 28.7 Å². The molecule has 0 saturated heterocycles. The van der Waals surface area contributed by atoms with Crippen LogP contribution in [0.15, 0.2) is 58.2 Å². The van der Waals surface area contributed by atoms with Crippen molar-refractivity contribution < 1.29 is 4.42 Å². The lowest BCUT2D eigenvalue weighted by atomic mass is 10.1. The van der Waals surface area contributed by atoms with Gasteiger partial charge in [-0.2, -0.15) is 5.26 Å².